The molecule has 2 unspecified atom stereocenters. The van der Waals surface area contributed by atoms with Crippen LogP contribution >= 0.6 is 0 Å². The number of nitrogens with one attached hydrogen (secondary N) is 1. The Balaban J connectivity index is 1.60. The first-order valence-electron chi connectivity index (χ1n) is 6.83. The van der Waals surface area contributed by atoms with Crippen molar-refractivity contribution < 1.29 is 4.42 Å². The Kier molecular flexibility index (Phi) is 3.21. The summed E-state index contributed by atoms with van der Waals surface area (Å²) < 4.78 is 5.47. The summed E-state index contributed by atoms with van der Waals surface area (Å²) in [5, 5.41) is 3.63. The lowest BCUT2D eigenvalue weighted by Gasteiger charge is -2.26. The third-order valence-electron chi connectivity index (χ3n) is 4.13. The maximum atomic E-state index is 5.47. The third kappa shape index (κ3) is 2.72. The van der Waals surface area contributed by atoms with Crippen LogP contribution in [-0.4, -0.2) is 30.1 Å². The van der Waals surface area contributed by atoms with Crippen molar-refractivity contribution in [3.05, 3.63) is 24.2 Å². The van der Waals surface area contributed by atoms with Gasteiger partial charge in [0.2, 0.25) is 0 Å². The second-order valence-electron chi connectivity index (χ2n) is 5.57. The molecular weight excluding hydrogens is 212 g/mol. The standard InChI is InChI=1S/C14H22N2O/c1-11-6-7-15-14(11)10-16(12-4-5-12)9-13-3-2-8-17-13/h2-3,8,11-12,14-15H,4-7,9-10H2,1H3. The first-order valence-corrected chi connectivity index (χ1v) is 6.83. The Morgan fingerprint density at radius 3 is 2.88 bits per heavy atom. The average Bonchev–Trinajstić information content (AvgIpc) is 2.91. The lowest BCUT2D eigenvalue weighted by molar-refractivity contribution is 0.201. The highest BCUT2D eigenvalue weighted by molar-refractivity contribution is 5.00. The Labute approximate surface area is 103 Å². The van der Waals surface area contributed by atoms with E-state index in [4.69, 9.17) is 4.42 Å². The minimum atomic E-state index is 0.672. The maximum Gasteiger partial charge on any atom is 0.117 e. The van der Waals surface area contributed by atoms with E-state index in [0.717, 1.165) is 24.3 Å². The van der Waals surface area contributed by atoms with Crippen molar-refractivity contribution in [2.24, 2.45) is 5.92 Å². The van der Waals surface area contributed by atoms with Crippen molar-refractivity contribution in [2.45, 2.75) is 44.8 Å². The van der Waals surface area contributed by atoms with E-state index >= 15 is 0 Å². The molecule has 0 amide bonds. The molecule has 1 aromatic heterocycles. The zero-order valence-corrected chi connectivity index (χ0v) is 10.6. The van der Waals surface area contributed by atoms with Crippen LogP contribution < -0.4 is 5.32 Å². The molecule has 0 aromatic carbocycles. The maximum absolute atomic E-state index is 5.47. The molecule has 0 radical (unpaired) electrons. The van der Waals surface area contributed by atoms with Gasteiger partial charge in [0, 0.05) is 18.6 Å². The smallest absolute Gasteiger partial charge is 0.117 e. The van der Waals surface area contributed by atoms with Gasteiger partial charge in [0.1, 0.15) is 5.76 Å². The molecule has 3 rings (SSSR count). The summed E-state index contributed by atoms with van der Waals surface area (Å²) in [5.74, 6) is 1.91. The highest BCUT2D eigenvalue weighted by atomic mass is 16.3. The molecular formula is C14H22N2O. The molecule has 3 heteroatoms. The zero-order valence-electron chi connectivity index (χ0n) is 10.6. The lowest BCUT2D eigenvalue weighted by atomic mass is 10.0. The number of nitrogens with zero attached hydrogens (tertiary/aromatic N) is 1. The number of furan rings is 1. The van der Waals surface area contributed by atoms with Crippen LogP contribution in [0.15, 0.2) is 22.8 Å². The van der Waals surface area contributed by atoms with E-state index in [1.807, 2.05) is 6.07 Å². The van der Waals surface area contributed by atoms with Crippen LogP contribution in [0.2, 0.25) is 0 Å². The molecule has 2 aliphatic rings. The summed E-state index contributed by atoms with van der Waals surface area (Å²) in [6.07, 6.45) is 5.82. The fourth-order valence-electron chi connectivity index (χ4n) is 2.78. The highest BCUT2D eigenvalue weighted by Gasteiger charge is 2.33. The molecule has 1 saturated heterocycles. The van der Waals surface area contributed by atoms with Gasteiger partial charge in [-0.2, -0.15) is 0 Å². The van der Waals surface area contributed by atoms with E-state index in [1.54, 1.807) is 6.26 Å². The second kappa shape index (κ2) is 4.83. The summed E-state index contributed by atoms with van der Waals surface area (Å²) >= 11 is 0. The van der Waals surface area contributed by atoms with Gasteiger partial charge < -0.3 is 9.73 Å². The predicted molar refractivity (Wildman–Crippen MR) is 67.7 cm³/mol. The quantitative estimate of drug-likeness (QED) is 0.847. The Morgan fingerprint density at radius 2 is 2.29 bits per heavy atom. The van der Waals surface area contributed by atoms with Crippen molar-refractivity contribution in [3.8, 4) is 0 Å². The summed E-state index contributed by atoms with van der Waals surface area (Å²) in [4.78, 5) is 2.60. The summed E-state index contributed by atoms with van der Waals surface area (Å²) in [7, 11) is 0. The molecule has 17 heavy (non-hydrogen) atoms. The van der Waals surface area contributed by atoms with Gasteiger partial charge >= 0.3 is 0 Å². The minimum Gasteiger partial charge on any atom is -0.468 e. The van der Waals surface area contributed by atoms with E-state index < -0.39 is 0 Å². The molecule has 3 nitrogen and oxygen atoms in total. The van der Waals surface area contributed by atoms with Gasteiger partial charge in [0.15, 0.2) is 0 Å². The Morgan fingerprint density at radius 1 is 1.41 bits per heavy atom. The van der Waals surface area contributed by atoms with Gasteiger partial charge in [-0.05, 0) is 43.9 Å². The minimum absolute atomic E-state index is 0.672. The fourth-order valence-corrected chi connectivity index (χ4v) is 2.78. The number of hydrogen-bond donors (Lipinski definition) is 1. The van der Waals surface area contributed by atoms with Gasteiger partial charge in [-0.25, -0.2) is 0 Å². The molecule has 1 aromatic rings. The predicted octanol–water partition coefficient (Wildman–Crippen LogP) is 2.24. The van der Waals surface area contributed by atoms with Gasteiger partial charge in [-0.3, -0.25) is 4.90 Å². The molecule has 2 fully saturated rings. The molecule has 1 N–H and O–H groups in total. The molecule has 2 heterocycles. The van der Waals surface area contributed by atoms with Crippen LogP contribution in [0.5, 0.6) is 0 Å². The third-order valence-corrected chi connectivity index (χ3v) is 4.13. The SMILES string of the molecule is CC1CCNC1CN(Cc1ccco1)C1CC1. The van der Waals surface area contributed by atoms with Crippen LogP contribution in [0.3, 0.4) is 0 Å². The van der Waals surface area contributed by atoms with Gasteiger partial charge in [-0.15, -0.1) is 0 Å². The summed E-state index contributed by atoms with van der Waals surface area (Å²) in [5.41, 5.74) is 0. The topological polar surface area (TPSA) is 28.4 Å². The number of hydrogen-bond acceptors (Lipinski definition) is 3. The van der Waals surface area contributed by atoms with Crippen molar-refractivity contribution in [1.82, 2.24) is 10.2 Å². The van der Waals surface area contributed by atoms with E-state index in [2.05, 4.69) is 23.2 Å². The van der Waals surface area contributed by atoms with E-state index in [0.29, 0.717) is 6.04 Å². The fraction of sp³-hybridized carbons (Fsp3) is 0.714. The first kappa shape index (κ1) is 11.3. The molecule has 1 saturated carbocycles. The number of rotatable bonds is 5. The molecule has 94 valence electrons. The normalized spacial score (nSPS) is 29.1. The zero-order chi connectivity index (χ0) is 11.7. The van der Waals surface area contributed by atoms with Crippen molar-refractivity contribution >= 4 is 0 Å². The Bertz CT molecular complexity index is 345. The van der Waals surface area contributed by atoms with E-state index in [-0.39, 0.29) is 0 Å². The molecule has 2 atom stereocenters. The summed E-state index contributed by atoms with van der Waals surface area (Å²) in [6.45, 7) is 5.70. The van der Waals surface area contributed by atoms with E-state index in [9.17, 15) is 0 Å². The lowest BCUT2D eigenvalue weighted by Crippen LogP contribution is -2.40. The highest BCUT2D eigenvalue weighted by Crippen LogP contribution is 2.30. The molecule has 0 bridgehead atoms. The van der Waals surface area contributed by atoms with Gasteiger partial charge in [0.25, 0.3) is 0 Å². The van der Waals surface area contributed by atoms with Crippen LogP contribution in [-0.2, 0) is 6.54 Å². The van der Waals surface area contributed by atoms with Crippen LogP contribution in [0.4, 0.5) is 0 Å². The Hall–Kier alpha value is -0.800. The monoisotopic (exact) mass is 234 g/mol. The largest absolute Gasteiger partial charge is 0.468 e. The van der Waals surface area contributed by atoms with Gasteiger partial charge in [0.05, 0.1) is 12.8 Å². The summed E-state index contributed by atoms with van der Waals surface area (Å²) in [6, 6.07) is 5.54. The van der Waals surface area contributed by atoms with Gasteiger partial charge in [-0.1, -0.05) is 6.92 Å². The van der Waals surface area contributed by atoms with Crippen molar-refractivity contribution in [3.63, 3.8) is 0 Å². The van der Waals surface area contributed by atoms with Crippen LogP contribution in [0, 0.1) is 5.92 Å². The average molecular weight is 234 g/mol. The van der Waals surface area contributed by atoms with Crippen LogP contribution in [0.25, 0.3) is 0 Å². The van der Waals surface area contributed by atoms with Crippen molar-refractivity contribution in [2.75, 3.05) is 13.1 Å². The second-order valence-corrected chi connectivity index (χ2v) is 5.57. The van der Waals surface area contributed by atoms with E-state index in [1.165, 1.54) is 32.4 Å². The van der Waals surface area contributed by atoms with Crippen LogP contribution in [0.1, 0.15) is 31.9 Å². The molecule has 1 aliphatic heterocycles. The van der Waals surface area contributed by atoms with Crippen molar-refractivity contribution in [1.29, 1.82) is 0 Å². The molecule has 1 aliphatic carbocycles. The molecule has 0 spiro atoms. The first-order chi connectivity index (χ1) is 8.33.